The van der Waals surface area contributed by atoms with Crippen molar-refractivity contribution in [2.45, 2.75) is 0 Å². The van der Waals surface area contributed by atoms with E-state index < -0.39 is 0 Å². The average Bonchev–Trinajstić information content (AvgIpc) is 3.13. The fraction of sp³-hybridized carbons (Fsp3) is 0. The summed E-state index contributed by atoms with van der Waals surface area (Å²) in [5.41, 5.74) is 3.79. The lowest BCUT2D eigenvalue weighted by atomic mass is 10.1. The van der Waals surface area contributed by atoms with Crippen molar-refractivity contribution in [2.24, 2.45) is 0 Å². The van der Waals surface area contributed by atoms with Gasteiger partial charge in [-0.3, -0.25) is 0 Å². The van der Waals surface area contributed by atoms with Crippen LogP contribution < -0.4 is 5.32 Å². The first kappa shape index (κ1) is 15.9. The second-order valence-corrected chi connectivity index (χ2v) is 6.80. The molecule has 0 spiro atoms. The minimum Gasteiger partial charge on any atom is -0.340 e. The van der Waals surface area contributed by atoms with Crippen LogP contribution >= 0.6 is 11.6 Å². The second-order valence-electron chi connectivity index (χ2n) is 6.36. The molecule has 0 aliphatic rings. The van der Waals surface area contributed by atoms with Crippen LogP contribution in [0.1, 0.15) is 0 Å². The van der Waals surface area contributed by atoms with E-state index in [0.29, 0.717) is 5.02 Å². The fourth-order valence-corrected chi connectivity index (χ4v) is 3.45. The molecule has 0 aliphatic carbocycles. The summed E-state index contributed by atoms with van der Waals surface area (Å²) >= 11 is 6.08. The smallest absolute Gasteiger partial charge is 0.143 e. The summed E-state index contributed by atoms with van der Waals surface area (Å²) in [6.07, 6.45) is 1.55. The molecule has 2 heterocycles. The fourth-order valence-electron chi connectivity index (χ4n) is 3.25. The molecule has 0 radical (unpaired) electrons. The lowest BCUT2D eigenvalue weighted by Gasteiger charge is -2.06. The normalized spacial score (nSPS) is 11.1. The lowest BCUT2D eigenvalue weighted by Crippen LogP contribution is -1.94. The van der Waals surface area contributed by atoms with Crippen LogP contribution in [0.3, 0.4) is 0 Å². The summed E-state index contributed by atoms with van der Waals surface area (Å²) in [4.78, 5) is 12.2. The number of halogens is 1. The van der Waals surface area contributed by atoms with Crippen molar-refractivity contribution in [2.75, 3.05) is 5.32 Å². The van der Waals surface area contributed by atoms with Gasteiger partial charge in [0, 0.05) is 16.4 Å². The Morgan fingerprint density at radius 1 is 0.815 bits per heavy atom. The Morgan fingerprint density at radius 3 is 2.59 bits per heavy atom. The van der Waals surface area contributed by atoms with Crippen LogP contribution in [0.4, 0.5) is 11.5 Å². The highest BCUT2D eigenvalue weighted by molar-refractivity contribution is 6.30. The van der Waals surface area contributed by atoms with Crippen molar-refractivity contribution >= 4 is 44.9 Å². The molecule has 0 saturated carbocycles. The van der Waals surface area contributed by atoms with Crippen molar-refractivity contribution in [3.05, 3.63) is 84.1 Å². The van der Waals surface area contributed by atoms with E-state index in [1.165, 1.54) is 10.8 Å². The number of fused-ring (bicyclic) bond motifs is 2. The van der Waals surface area contributed by atoms with Gasteiger partial charge in [-0.05, 0) is 46.7 Å². The van der Waals surface area contributed by atoms with Crippen molar-refractivity contribution in [3.8, 4) is 11.3 Å². The zero-order chi connectivity index (χ0) is 18.2. The molecular formula is C22H15ClN4. The Balaban J connectivity index is 1.58. The molecular weight excluding hydrogens is 356 g/mol. The maximum absolute atomic E-state index is 6.08. The molecule has 5 rings (SSSR count). The first-order valence-corrected chi connectivity index (χ1v) is 8.99. The Bertz CT molecular complexity index is 1280. The number of hydrogen-bond acceptors (Lipinski definition) is 3. The Hall–Kier alpha value is -3.37. The van der Waals surface area contributed by atoms with E-state index in [1.54, 1.807) is 6.33 Å². The number of aromatic nitrogens is 3. The highest BCUT2D eigenvalue weighted by Crippen LogP contribution is 2.30. The van der Waals surface area contributed by atoms with Crippen molar-refractivity contribution in [3.63, 3.8) is 0 Å². The summed E-state index contributed by atoms with van der Waals surface area (Å²) in [5.74, 6) is 0.741. The van der Waals surface area contributed by atoms with Gasteiger partial charge in [0.2, 0.25) is 0 Å². The van der Waals surface area contributed by atoms with Crippen LogP contribution in [0, 0.1) is 0 Å². The average molecular weight is 371 g/mol. The predicted molar refractivity (Wildman–Crippen MR) is 112 cm³/mol. The maximum atomic E-state index is 6.08. The standard InChI is InChI=1S/C22H15ClN4/c23-17-6-3-7-18(11-17)26-21-19-12-20(27-22(19)25-13-24-21)16-9-8-14-4-1-2-5-15(14)10-16/h1-13H,(H2,24,25,26,27). The zero-order valence-corrected chi connectivity index (χ0v) is 15.0. The molecule has 0 aliphatic heterocycles. The quantitative estimate of drug-likeness (QED) is 0.399. The summed E-state index contributed by atoms with van der Waals surface area (Å²) < 4.78 is 0. The highest BCUT2D eigenvalue weighted by atomic mass is 35.5. The molecule has 0 amide bonds. The number of nitrogens with one attached hydrogen (secondary N) is 2. The molecule has 0 saturated heterocycles. The van der Waals surface area contributed by atoms with Crippen molar-refractivity contribution < 1.29 is 0 Å². The number of hydrogen-bond donors (Lipinski definition) is 2. The number of nitrogens with zero attached hydrogens (tertiary/aromatic N) is 2. The first-order chi connectivity index (χ1) is 13.3. The minimum absolute atomic E-state index is 0.677. The third kappa shape index (κ3) is 3.00. The highest BCUT2D eigenvalue weighted by Gasteiger charge is 2.10. The van der Waals surface area contributed by atoms with Gasteiger partial charge in [0.15, 0.2) is 0 Å². The van der Waals surface area contributed by atoms with Crippen LogP contribution in [0.2, 0.25) is 5.02 Å². The van der Waals surface area contributed by atoms with Crippen LogP contribution in [-0.4, -0.2) is 15.0 Å². The second kappa shape index (κ2) is 6.41. The predicted octanol–water partition coefficient (Wildman–Crippen LogP) is 6.18. The van der Waals surface area contributed by atoms with Crippen LogP contribution in [0.15, 0.2) is 79.1 Å². The summed E-state index contributed by atoms with van der Waals surface area (Å²) in [5, 5.41) is 7.36. The van der Waals surface area contributed by atoms with E-state index in [9.17, 15) is 0 Å². The molecule has 2 aromatic heterocycles. The Morgan fingerprint density at radius 2 is 1.70 bits per heavy atom. The van der Waals surface area contributed by atoms with Gasteiger partial charge in [-0.2, -0.15) is 0 Å². The van der Waals surface area contributed by atoms with Gasteiger partial charge in [0.05, 0.1) is 5.39 Å². The van der Waals surface area contributed by atoms with Crippen LogP contribution in [0.25, 0.3) is 33.1 Å². The molecule has 5 heteroatoms. The third-order valence-corrected chi connectivity index (χ3v) is 4.81. The van der Waals surface area contributed by atoms with Crippen molar-refractivity contribution in [1.82, 2.24) is 15.0 Å². The monoisotopic (exact) mass is 370 g/mol. The molecule has 130 valence electrons. The van der Waals surface area contributed by atoms with Crippen LogP contribution in [0.5, 0.6) is 0 Å². The summed E-state index contributed by atoms with van der Waals surface area (Å²) in [7, 11) is 0. The zero-order valence-electron chi connectivity index (χ0n) is 14.3. The van der Waals surface area contributed by atoms with E-state index in [-0.39, 0.29) is 0 Å². The molecule has 0 unspecified atom stereocenters. The molecule has 5 aromatic rings. The minimum atomic E-state index is 0.677. The van der Waals surface area contributed by atoms with Gasteiger partial charge >= 0.3 is 0 Å². The summed E-state index contributed by atoms with van der Waals surface area (Å²) in [6, 6.07) is 24.4. The molecule has 0 bridgehead atoms. The largest absolute Gasteiger partial charge is 0.340 e. The lowest BCUT2D eigenvalue weighted by molar-refractivity contribution is 1.20. The number of aromatic amines is 1. The number of rotatable bonds is 3. The van der Waals surface area contributed by atoms with Gasteiger partial charge in [0.1, 0.15) is 17.8 Å². The number of anilines is 2. The number of benzene rings is 3. The van der Waals surface area contributed by atoms with Gasteiger partial charge in [-0.15, -0.1) is 0 Å². The first-order valence-electron chi connectivity index (χ1n) is 8.62. The van der Waals surface area contributed by atoms with Gasteiger partial charge in [0.25, 0.3) is 0 Å². The van der Waals surface area contributed by atoms with Gasteiger partial charge in [-0.25, -0.2) is 9.97 Å². The van der Waals surface area contributed by atoms with E-state index in [4.69, 9.17) is 11.6 Å². The third-order valence-electron chi connectivity index (χ3n) is 4.57. The maximum Gasteiger partial charge on any atom is 0.143 e. The molecule has 3 aromatic carbocycles. The Labute approximate surface area is 160 Å². The van der Waals surface area contributed by atoms with Gasteiger partial charge in [-0.1, -0.05) is 54.1 Å². The van der Waals surface area contributed by atoms with Crippen molar-refractivity contribution in [1.29, 1.82) is 0 Å². The Kier molecular flexibility index (Phi) is 3.77. The summed E-state index contributed by atoms with van der Waals surface area (Å²) in [6.45, 7) is 0. The molecule has 27 heavy (non-hydrogen) atoms. The van der Waals surface area contributed by atoms with E-state index >= 15 is 0 Å². The van der Waals surface area contributed by atoms with E-state index in [0.717, 1.165) is 33.8 Å². The van der Waals surface area contributed by atoms with Crippen LogP contribution in [-0.2, 0) is 0 Å². The van der Waals surface area contributed by atoms with E-state index in [2.05, 4.69) is 62.7 Å². The molecule has 4 nitrogen and oxygen atoms in total. The van der Waals surface area contributed by atoms with E-state index in [1.807, 2.05) is 30.3 Å². The number of H-pyrrole nitrogens is 1. The SMILES string of the molecule is Clc1cccc(Nc2ncnc3[nH]c(-c4ccc5ccccc5c4)cc23)c1. The molecule has 0 atom stereocenters. The van der Waals surface area contributed by atoms with Gasteiger partial charge < -0.3 is 10.3 Å². The topological polar surface area (TPSA) is 53.6 Å². The molecule has 0 fully saturated rings. The molecule has 2 N–H and O–H groups in total.